The smallest absolute Gasteiger partial charge is 0.294 e. The number of para-hydroxylation sites is 1. The number of ether oxygens (including phenoxy) is 1. The van der Waals surface area contributed by atoms with Crippen LogP contribution < -0.4 is 9.64 Å². The summed E-state index contributed by atoms with van der Waals surface area (Å²) in [6.07, 6.45) is 1.38. The molecule has 1 N–H and O–H groups in total. The van der Waals surface area contributed by atoms with Gasteiger partial charge in [0.2, 0.25) is 5.78 Å². The van der Waals surface area contributed by atoms with Crippen molar-refractivity contribution in [2.24, 2.45) is 0 Å². The molecule has 152 valence electrons. The SMILES string of the molecule is COc1ccccc1C1C(C(=O)c2ccco2)=C(O)C(=O)N1c1cc(C)cc(C)c1. The van der Waals surface area contributed by atoms with Crippen molar-refractivity contribution < 1.29 is 23.8 Å². The molecule has 0 saturated carbocycles. The van der Waals surface area contributed by atoms with E-state index in [2.05, 4.69) is 0 Å². The van der Waals surface area contributed by atoms with Crippen LogP contribution in [0.3, 0.4) is 0 Å². The highest BCUT2D eigenvalue weighted by Crippen LogP contribution is 2.44. The molecule has 1 atom stereocenters. The molecule has 2 aromatic carbocycles. The zero-order chi connectivity index (χ0) is 21.4. The second-order valence-corrected chi connectivity index (χ2v) is 7.23. The Morgan fingerprint density at radius 3 is 2.40 bits per heavy atom. The van der Waals surface area contributed by atoms with Gasteiger partial charge in [0, 0.05) is 11.3 Å². The molecule has 2 heterocycles. The van der Waals surface area contributed by atoms with Crippen LogP contribution in [0.5, 0.6) is 5.75 Å². The van der Waals surface area contributed by atoms with Gasteiger partial charge in [0.15, 0.2) is 11.5 Å². The van der Waals surface area contributed by atoms with Gasteiger partial charge in [-0.25, -0.2) is 0 Å². The van der Waals surface area contributed by atoms with Crippen LogP contribution in [0.4, 0.5) is 5.69 Å². The normalized spacial score (nSPS) is 16.3. The average Bonchev–Trinajstić information content (AvgIpc) is 3.34. The van der Waals surface area contributed by atoms with Gasteiger partial charge in [-0.1, -0.05) is 24.3 Å². The van der Waals surface area contributed by atoms with E-state index < -0.39 is 23.5 Å². The number of aliphatic hydroxyl groups excluding tert-OH is 1. The summed E-state index contributed by atoms with van der Waals surface area (Å²) in [6.45, 7) is 3.86. The average molecular weight is 403 g/mol. The lowest BCUT2D eigenvalue weighted by atomic mass is 9.94. The number of rotatable bonds is 5. The summed E-state index contributed by atoms with van der Waals surface area (Å²) in [5, 5.41) is 10.8. The molecule has 1 aliphatic rings. The predicted molar refractivity (Wildman–Crippen MR) is 112 cm³/mol. The highest BCUT2D eigenvalue weighted by atomic mass is 16.5. The van der Waals surface area contributed by atoms with E-state index in [0.29, 0.717) is 17.0 Å². The van der Waals surface area contributed by atoms with E-state index in [-0.39, 0.29) is 11.3 Å². The van der Waals surface area contributed by atoms with Crippen LogP contribution in [0.2, 0.25) is 0 Å². The van der Waals surface area contributed by atoms with Crippen LogP contribution in [-0.4, -0.2) is 23.9 Å². The molecule has 1 aliphatic heterocycles. The van der Waals surface area contributed by atoms with E-state index in [0.717, 1.165) is 11.1 Å². The number of aliphatic hydroxyl groups is 1. The number of hydrogen-bond acceptors (Lipinski definition) is 5. The van der Waals surface area contributed by atoms with Crippen molar-refractivity contribution in [1.82, 2.24) is 0 Å². The van der Waals surface area contributed by atoms with Gasteiger partial charge in [0.05, 0.1) is 25.0 Å². The van der Waals surface area contributed by atoms with Gasteiger partial charge < -0.3 is 14.3 Å². The Balaban J connectivity index is 1.95. The quantitative estimate of drug-likeness (QED) is 0.625. The first kappa shape index (κ1) is 19.5. The maximum atomic E-state index is 13.2. The van der Waals surface area contributed by atoms with Gasteiger partial charge in [0.25, 0.3) is 5.91 Å². The van der Waals surface area contributed by atoms with Gasteiger partial charge in [-0.3, -0.25) is 14.5 Å². The highest BCUT2D eigenvalue weighted by Gasteiger charge is 2.46. The summed E-state index contributed by atoms with van der Waals surface area (Å²) in [6, 6.07) is 15.0. The van der Waals surface area contributed by atoms with E-state index in [1.807, 2.05) is 32.0 Å². The fourth-order valence-corrected chi connectivity index (χ4v) is 3.92. The second kappa shape index (κ2) is 7.55. The minimum atomic E-state index is -0.868. The Bertz CT molecular complexity index is 1140. The molecule has 30 heavy (non-hydrogen) atoms. The van der Waals surface area contributed by atoms with Crippen molar-refractivity contribution >= 4 is 17.4 Å². The van der Waals surface area contributed by atoms with Gasteiger partial charge in [-0.05, 0) is 55.3 Å². The third-order valence-corrected chi connectivity index (χ3v) is 5.12. The zero-order valence-corrected chi connectivity index (χ0v) is 16.9. The Hall–Kier alpha value is -3.80. The molecule has 4 rings (SSSR count). The second-order valence-electron chi connectivity index (χ2n) is 7.23. The van der Waals surface area contributed by atoms with E-state index in [1.165, 1.54) is 24.3 Å². The van der Waals surface area contributed by atoms with Crippen molar-refractivity contribution in [1.29, 1.82) is 0 Å². The molecule has 1 unspecified atom stereocenters. The van der Waals surface area contributed by atoms with Gasteiger partial charge in [-0.2, -0.15) is 0 Å². The number of carbonyl (C=O) groups is 2. The molecule has 0 aliphatic carbocycles. The summed E-state index contributed by atoms with van der Waals surface area (Å²) in [4.78, 5) is 27.9. The third-order valence-electron chi connectivity index (χ3n) is 5.12. The number of ketones is 1. The monoisotopic (exact) mass is 403 g/mol. The molecular weight excluding hydrogens is 382 g/mol. The van der Waals surface area contributed by atoms with Crippen molar-refractivity contribution in [2.75, 3.05) is 12.0 Å². The Labute approximate surface area is 174 Å². The Morgan fingerprint density at radius 1 is 1.07 bits per heavy atom. The number of furan rings is 1. The predicted octanol–water partition coefficient (Wildman–Crippen LogP) is 4.69. The number of carbonyl (C=O) groups excluding carboxylic acids is 2. The lowest BCUT2D eigenvalue weighted by Crippen LogP contribution is -2.31. The van der Waals surface area contributed by atoms with Crippen LogP contribution in [0, 0.1) is 13.8 Å². The maximum Gasteiger partial charge on any atom is 0.294 e. The molecule has 0 radical (unpaired) electrons. The van der Waals surface area contributed by atoms with E-state index in [9.17, 15) is 14.7 Å². The molecular formula is C24H21NO5. The number of nitrogens with zero attached hydrogens (tertiary/aromatic N) is 1. The number of aryl methyl sites for hydroxylation is 2. The Morgan fingerprint density at radius 2 is 1.77 bits per heavy atom. The first-order valence-electron chi connectivity index (χ1n) is 9.48. The summed E-state index contributed by atoms with van der Waals surface area (Å²) >= 11 is 0. The first-order valence-corrected chi connectivity index (χ1v) is 9.48. The highest BCUT2D eigenvalue weighted by molar-refractivity contribution is 6.20. The molecule has 0 saturated heterocycles. The minimum Gasteiger partial charge on any atom is -0.503 e. The number of hydrogen-bond donors (Lipinski definition) is 1. The van der Waals surface area contributed by atoms with Crippen LogP contribution in [0.15, 0.2) is 76.6 Å². The topological polar surface area (TPSA) is 80.0 Å². The van der Waals surface area contributed by atoms with Gasteiger partial charge >= 0.3 is 0 Å². The van der Waals surface area contributed by atoms with E-state index in [1.54, 1.807) is 30.3 Å². The summed E-state index contributed by atoms with van der Waals surface area (Å²) in [7, 11) is 1.52. The van der Waals surface area contributed by atoms with Crippen LogP contribution in [0.25, 0.3) is 0 Å². The van der Waals surface area contributed by atoms with E-state index >= 15 is 0 Å². The number of benzene rings is 2. The van der Waals surface area contributed by atoms with Gasteiger partial charge in [-0.15, -0.1) is 0 Å². The van der Waals surface area contributed by atoms with Gasteiger partial charge in [0.1, 0.15) is 5.75 Å². The molecule has 1 aromatic heterocycles. The molecule has 3 aromatic rings. The lowest BCUT2D eigenvalue weighted by molar-refractivity contribution is -0.117. The molecule has 0 bridgehead atoms. The standard InChI is InChI=1S/C24H21NO5/c1-14-11-15(2)13-16(12-14)25-21(17-7-4-5-8-18(17)29-3)20(23(27)24(25)28)22(26)19-9-6-10-30-19/h4-13,21,27H,1-3H3. The summed E-state index contributed by atoms with van der Waals surface area (Å²) < 4.78 is 10.8. The molecule has 6 nitrogen and oxygen atoms in total. The minimum absolute atomic E-state index is 0.0430. The van der Waals surface area contributed by atoms with Crippen LogP contribution in [0.1, 0.15) is 33.3 Å². The zero-order valence-electron chi connectivity index (χ0n) is 16.9. The lowest BCUT2D eigenvalue weighted by Gasteiger charge is -2.28. The number of anilines is 1. The van der Waals surface area contributed by atoms with Crippen molar-refractivity contribution in [2.45, 2.75) is 19.9 Å². The maximum absolute atomic E-state index is 13.2. The molecule has 1 amide bonds. The number of Topliss-reactive ketones (excluding diaryl/α,β-unsaturated/α-hetero) is 1. The fourth-order valence-electron chi connectivity index (χ4n) is 3.92. The number of methoxy groups -OCH3 is 1. The largest absolute Gasteiger partial charge is 0.503 e. The first-order chi connectivity index (χ1) is 14.4. The third kappa shape index (κ3) is 3.16. The molecule has 6 heteroatoms. The van der Waals surface area contributed by atoms with E-state index in [4.69, 9.17) is 9.15 Å². The molecule has 0 spiro atoms. The van der Waals surface area contributed by atoms with Crippen molar-refractivity contribution in [3.63, 3.8) is 0 Å². The molecule has 0 fully saturated rings. The van der Waals surface area contributed by atoms with Crippen molar-refractivity contribution in [3.8, 4) is 5.75 Å². The van der Waals surface area contributed by atoms with Crippen LogP contribution >= 0.6 is 0 Å². The summed E-state index contributed by atoms with van der Waals surface area (Å²) in [5.41, 5.74) is 3.05. The number of amides is 1. The fraction of sp³-hybridized carbons (Fsp3) is 0.167. The summed E-state index contributed by atoms with van der Waals surface area (Å²) in [5.74, 6) is -1.23. The Kier molecular flexibility index (Phi) is 4.91. The van der Waals surface area contributed by atoms with Crippen LogP contribution in [-0.2, 0) is 4.79 Å². The van der Waals surface area contributed by atoms with Crippen molar-refractivity contribution in [3.05, 3.63) is 94.6 Å².